The number of hydrogen-bond donors (Lipinski definition) is 3. The monoisotopic (exact) mass is 451 g/mol. The Bertz CT molecular complexity index is 1060. The molecule has 1 saturated heterocycles. The molecule has 0 radical (unpaired) electrons. The Labute approximate surface area is 192 Å². The number of aliphatic hydroxyl groups is 1. The van der Waals surface area contributed by atoms with E-state index in [1.807, 2.05) is 37.3 Å². The molecule has 32 heavy (non-hydrogen) atoms. The summed E-state index contributed by atoms with van der Waals surface area (Å²) in [5.41, 5.74) is 9.79. The number of ketones is 1. The first kappa shape index (κ1) is 22.3. The summed E-state index contributed by atoms with van der Waals surface area (Å²) in [6, 6.07) is 15.7. The van der Waals surface area contributed by atoms with E-state index in [2.05, 4.69) is 32.2 Å². The molecule has 2 heterocycles. The number of carbonyl (C=O) groups excluding carboxylic acids is 1. The predicted molar refractivity (Wildman–Crippen MR) is 131 cm³/mol. The topological polar surface area (TPSA) is 94.7 Å². The summed E-state index contributed by atoms with van der Waals surface area (Å²) >= 11 is 1.27. The summed E-state index contributed by atoms with van der Waals surface area (Å²) in [6.07, 6.45) is 0.833. The second-order valence-electron chi connectivity index (χ2n) is 8.01. The summed E-state index contributed by atoms with van der Waals surface area (Å²) in [5.74, 6) is 0.143. The zero-order chi connectivity index (χ0) is 22.5. The lowest BCUT2D eigenvalue weighted by Gasteiger charge is -2.36. The number of rotatable bonds is 8. The number of anilines is 4. The predicted octanol–water partition coefficient (Wildman–Crippen LogP) is 3.51. The van der Waals surface area contributed by atoms with Gasteiger partial charge in [0.2, 0.25) is 5.78 Å². The van der Waals surface area contributed by atoms with Gasteiger partial charge in [-0.1, -0.05) is 35.1 Å². The number of piperazine rings is 1. The summed E-state index contributed by atoms with van der Waals surface area (Å²) < 4.78 is 0. The SMILES string of the molecule is Cc1cccc(C(=O)c2sc(Nc3ccc(N4CCN(CCCO)CC4)cc3)nc2N)c1. The molecule has 0 atom stereocenters. The summed E-state index contributed by atoms with van der Waals surface area (Å²) in [4.78, 5) is 22.4. The van der Waals surface area contributed by atoms with Crippen molar-refractivity contribution < 1.29 is 9.90 Å². The number of aryl methyl sites for hydroxylation is 1. The first-order chi connectivity index (χ1) is 15.5. The minimum absolute atomic E-state index is 0.106. The van der Waals surface area contributed by atoms with Crippen LogP contribution in [-0.4, -0.2) is 60.1 Å². The van der Waals surface area contributed by atoms with Gasteiger partial charge in [0.25, 0.3) is 0 Å². The normalized spacial score (nSPS) is 14.5. The molecule has 4 rings (SSSR count). The smallest absolute Gasteiger partial charge is 0.206 e. The zero-order valence-corrected chi connectivity index (χ0v) is 19.1. The number of aromatic nitrogens is 1. The molecule has 0 unspecified atom stereocenters. The Balaban J connectivity index is 1.38. The van der Waals surface area contributed by atoms with E-state index in [9.17, 15) is 4.79 Å². The number of hydrogen-bond acceptors (Lipinski definition) is 8. The van der Waals surface area contributed by atoms with Gasteiger partial charge in [0.05, 0.1) is 0 Å². The summed E-state index contributed by atoms with van der Waals surface area (Å²) in [5, 5.41) is 12.9. The van der Waals surface area contributed by atoms with Gasteiger partial charge in [0.15, 0.2) is 5.13 Å². The first-order valence-electron chi connectivity index (χ1n) is 10.9. The first-order valence-corrected chi connectivity index (χ1v) is 11.7. The van der Waals surface area contributed by atoms with E-state index in [0.717, 1.165) is 50.4 Å². The molecule has 0 spiro atoms. The van der Waals surface area contributed by atoms with Gasteiger partial charge >= 0.3 is 0 Å². The summed E-state index contributed by atoms with van der Waals surface area (Å²) in [6.45, 7) is 7.14. The van der Waals surface area contributed by atoms with Gasteiger partial charge in [0.1, 0.15) is 10.7 Å². The lowest BCUT2D eigenvalue weighted by atomic mass is 10.1. The van der Waals surface area contributed by atoms with E-state index in [0.29, 0.717) is 15.6 Å². The molecule has 1 fully saturated rings. The maximum atomic E-state index is 12.8. The molecule has 1 aliphatic rings. The molecule has 1 aliphatic heterocycles. The average molecular weight is 452 g/mol. The maximum Gasteiger partial charge on any atom is 0.206 e. The van der Waals surface area contributed by atoms with Crippen LogP contribution in [0.5, 0.6) is 0 Å². The largest absolute Gasteiger partial charge is 0.396 e. The van der Waals surface area contributed by atoms with Crippen LogP contribution in [0, 0.1) is 6.92 Å². The number of thiazole rings is 1. The number of benzene rings is 2. The minimum Gasteiger partial charge on any atom is -0.396 e. The molecule has 1 aromatic heterocycles. The van der Waals surface area contributed by atoms with Gasteiger partial charge < -0.3 is 21.1 Å². The number of nitrogens with zero attached hydrogens (tertiary/aromatic N) is 3. The van der Waals surface area contributed by atoms with Gasteiger partial charge in [-0.2, -0.15) is 0 Å². The van der Waals surface area contributed by atoms with Gasteiger partial charge in [-0.15, -0.1) is 0 Å². The molecule has 3 aromatic rings. The van der Waals surface area contributed by atoms with E-state index in [-0.39, 0.29) is 18.2 Å². The van der Waals surface area contributed by atoms with E-state index < -0.39 is 0 Å². The van der Waals surface area contributed by atoms with Crippen LogP contribution in [0.2, 0.25) is 0 Å². The Hall–Kier alpha value is -2.94. The third-order valence-corrected chi connectivity index (χ3v) is 6.61. The third-order valence-electron chi connectivity index (χ3n) is 5.63. The maximum absolute atomic E-state index is 12.8. The highest BCUT2D eigenvalue weighted by molar-refractivity contribution is 7.18. The Morgan fingerprint density at radius 3 is 2.59 bits per heavy atom. The second-order valence-corrected chi connectivity index (χ2v) is 9.01. The van der Waals surface area contributed by atoms with Crippen LogP contribution in [0.4, 0.5) is 22.3 Å². The highest BCUT2D eigenvalue weighted by Gasteiger charge is 2.19. The number of nitrogens with two attached hydrogens (primary N) is 1. The van der Waals surface area contributed by atoms with Crippen molar-refractivity contribution in [1.29, 1.82) is 0 Å². The molecule has 0 amide bonds. The molecule has 0 bridgehead atoms. The van der Waals surface area contributed by atoms with Crippen molar-refractivity contribution in [3.8, 4) is 0 Å². The molecular weight excluding hydrogens is 422 g/mol. The number of nitrogen functional groups attached to an aromatic ring is 1. The highest BCUT2D eigenvalue weighted by Crippen LogP contribution is 2.30. The van der Waals surface area contributed by atoms with Gasteiger partial charge in [-0.25, -0.2) is 4.98 Å². The molecule has 7 nitrogen and oxygen atoms in total. The fourth-order valence-corrected chi connectivity index (χ4v) is 4.74. The average Bonchev–Trinajstić information content (AvgIpc) is 3.18. The van der Waals surface area contributed by atoms with Crippen LogP contribution in [0.1, 0.15) is 27.2 Å². The molecule has 2 aromatic carbocycles. The second kappa shape index (κ2) is 10.1. The number of carbonyl (C=O) groups is 1. The minimum atomic E-state index is -0.106. The molecule has 4 N–H and O–H groups in total. The lowest BCUT2D eigenvalue weighted by molar-refractivity contribution is 0.104. The van der Waals surface area contributed by atoms with Crippen molar-refractivity contribution in [3.05, 3.63) is 64.5 Å². The standard InChI is InChI=1S/C24H29N5O2S/c1-17-4-2-5-18(16-17)21(31)22-23(25)27-24(32-22)26-19-6-8-20(9-7-19)29-13-11-28(12-14-29)10-3-15-30/h2,4-9,16,30H,3,10-15,25H2,1H3,(H,26,27). The van der Waals surface area contributed by atoms with Crippen molar-refractivity contribution in [3.63, 3.8) is 0 Å². The van der Waals surface area contributed by atoms with Crippen molar-refractivity contribution in [2.45, 2.75) is 13.3 Å². The van der Waals surface area contributed by atoms with Crippen molar-refractivity contribution >= 4 is 39.4 Å². The van der Waals surface area contributed by atoms with Gasteiger partial charge in [-0.05, 0) is 43.7 Å². The lowest BCUT2D eigenvalue weighted by Crippen LogP contribution is -2.46. The van der Waals surface area contributed by atoms with Crippen molar-refractivity contribution in [2.24, 2.45) is 0 Å². The van der Waals surface area contributed by atoms with E-state index in [4.69, 9.17) is 10.8 Å². The molecule has 168 valence electrons. The molecule has 8 heteroatoms. The highest BCUT2D eigenvalue weighted by atomic mass is 32.1. The Morgan fingerprint density at radius 2 is 1.91 bits per heavy atom. The van der Waals surface area contributed by atoms with Gasteiger partial charge in [0, 0.05) is 56.3 Å². The van der Waals surface area contributed by atoms with E-state index in [1.54, 1.807) is 6.07 Å². The molecular formula is C24H29N5O2S. The van der Waals surface area contributed by atoms with Gasteiger partial charge in [-0.3, -0.25) is 9.69 Å². The van der Waals surface area contributed by atoms with E-state index >= 15 is 0 Å². The van der Waals surface area contributed by atoms with Crippen LogP contribution < -0.4 is 16.0 Å². The fraction of sp³-hybridized carbons (Fsp3) is 0.333. The molecule has 0 saturated carbocycles. The third kappa shape index (κ3) is 5.27. The van der Waals surface area contributed by atoms with Crippen LogP contribution >= 0.6 is 11.3 Å². The van der Waals surface area contributed by atoms with Crippen LogP contribution in [0.25, 0.3) is 0 Å². The van der Waals surface area contributed by atoms with Crippen LogP contribution in [-0.2, 0) is 0 Å². The quantitative estimate of drug-likeness (QED) is 0.451. The Kier molecular flexibility index (Phi) is 7.04. The number of nitrogens with one attached hydrogen (secondary N) is 1. The van der Waals surface area contributed by atoms with E-state index in [1.165, 1.54) is 17.0 Å². The number of aliphatic hydroxyl groups excluding tert-OH is 1. The van der Waals surface area contributed by atoms with Crippen LogP contribution in [0.3, 0.4) is 0 Å². The molecule has 0 aliphatic carbocycles. The fourth-order valence-electron chi connectivity index (χ4n) is 3.87. The van der Waals surface area contributed by atoms with Crippen molar-refractivity contribution in [2.75, 3.05) is 55.3 Å². The zero-order valence-electron chi connectivity index (χ0n) is 18.3. The van der Waals surface area contributed by atoms with Crippen molar-refractivity contribution in [1.82, 2.24) is 9.88 Å². The summed E-state index contributed by atoms with van der Waals surface area (Å²) in [7, 11) is 0. The Morgan fingerprint density at radius 1 is 1.16 bits per heavy atom. The van der Waals surface area contributed by atoms with Crippen LogP contribution in [0.15, 0.2) is 48.5 Å².